The van der Waals surface area contributed by atoms with Crippen LogP contribution in [0.5, 0.6) is 0 Å². The van der Waals surface area contributed by atoms with E-state index in [1.807, 2.05) is 23.9 Å². The van der Waals surface area contributed by atoms with Gasteiger partial charge in [0.25, 0.3) is 0 Å². The van der Waals surface area contributed by atoms with Crippen LogP contribution in [0, 0.1) is 0 Å². The molecule has 1 heterocycles. The molecule has 1 aromatic carbocycles. The Morgan fingerprint density at radius 3 is 2.92 bits per heavy atom. The van der Waals surface area contributed by atoms with Gasteiger partial charge in [-0.25, -0.2) is 0 Å². The highest BCUT2D eigenvalue weighted by Gasteiger charge is 2.04. The molecule has 2 aromatic rings. The zero-order valence-electron chi connectivity index (χ0n) is 7.91. The Hall–Kier alpha value is -1.51. The summed E-state index contributed by atoms with van der Waals surface area (Å²) in [6, 6.07) is 8.22. The normalized spacial score (nSPS) is 10.6. The van der Waals surface area contributed by atoms with Crippen LogP contribution in [0.4, 0.5) is 5.82 Å². The molecular formula is C10H13N3. The lowest BCUT2D eigenvalue weighted by Crippen LogP contribution is -1.98. The zero-order chi connectivity index (χ0) is 9.26. The molecule has 0 atom stereocenters. The van der Waals surface area contributed by atoms with Gasteiger partial charge in [-0.15, -0.1) is 0 Å². The number of benzene rings is 1. The molecular weight excluding hydrogens is 162 g/mol. The summed E-state index contributed by atoms with van der Waals surface area (Å²) in [4.78, 5) is 0. The predicted octanol–water partition coefficient (Wildman–Crippen LogP) is 2.01. The van der Waals surface area contributed by atoms with E-state index in [1.165, 1.54) is 10.9 Å². The van der Waals surface area contributed by atoms with E-state index in [2.05, 4.69) is 29.5 Å². The fourth-order valence-corrected chi connectivity index (χ4v) is 1.51. The van der Waals surface area contributed by atoms with Crippen molar-refractivity contribution in [3.8, 4) is 0 Å². The van der Waals surface area contributed by atoms with Crippen molar-refractivity contribution in [2.24, 2.45) is 7.05 Å². The van der Waals surface area contributed by atoms with Gasteiger partial charge in [0.15, 0.2) is 5.82 Å². The summed E-state index contributed by atoms with van der Waals surface area (Å²) in [5, 5.41) is 8.81. The molecule has 1 aromatic heterocycles. The van der Waals surface area contributed by atoms with Crippen LogP contribution in [0.15, 0.2) is 24.3 Å². The van der Waals surface area contributed by atoms with E-state index in [4.69, 9.17) is 0 Å². The third-order valence-corrected chi connectivity index (χ3v) is 2.10. The van der Waals surface area contributed by atoms with Gasteiger partial charge in [-0.3, -0.25) is 4.68 Å². The molecule has 3 heteroatoms. The second-order valence-electron chi connectivity index (χ2n) is 3.02. The third-order valence-electron chi connectivity index (χ3n) is 2.10. The zero-order valence-corrected chi connectivity index (χ0v) is 7.91. The second-order valence-corrected chi connectivity index (χ2v) is 3.02. The third kappa shape index (κ3) is 1.26. The van der Waals surface area contributed by atoms with Crippen LogP contribution >= 0.6 is 0 Å². The number of hydrogen-bond acceptors (Lipinski definition) is 2. The number of nitrogens with one attached hydrogen (secondary N) is 1. The average Bonchev–Trinajstić information content (AvgIpc) is 2.46. The quantitative estimate of drug-likeness (QED) is 0.756. The summed E-state index contributed by atoms with van der Waals surface area (Å²) >= 11 is 0. The summed E-state index contributed by atoms with van der Waals surface area (Å²) in [6.07, 6.45) is 0. The first kappa shape index (κ1) is 8.10. The minimum atomic E-state index is 0.904. The molecule has 0 spiro atoms. The Bertz CT molecular complexity index is 417. The van der Waals surface area contributed by atoms with Gasteiger partial charge in [-0.2, -0.15) is 5.10 Å². The molecule has 0 saturated carbocycles. The van der Waals surface area contributed by atoms with Gasteiger partial charge in [0.1, 0.15) is 0 Å². The van der Waals surface area contributed by atoms with E-state index >= 15 is 0 Å². The predicted molar refractivity (Wildman–Crippen MR) is 54.9 cm³/mol. The highest BCUT2D eigenvalue weighted by Crippen LogP contribution is 2.20. The Morgan fingerprint density at radius 2 is 2.15 bits per heavy atom. The van der Waals surface area contributed by atoms with Gasteiger partial charge in [0, 0.05) is 19.0 Å². The Kier molecular flexibility index (Phi) is 1.93. The molecule has 0 aliphatic heterocycles. The van der Waals surface area contributed by atoms with Crippen LogP contribution in [-0.2, 0) is 7.05 Å². The van der Waals surface area contributed by atoms with E-state index in [1.54, 1.807) is 0 Å². The molecule has 0 unspecified atom stereocenters. The van der Waals surface area contributed by atoms with Crippen molar-refractivity contribution in [2.45, 2.75) is 6.92 Å². The molecule has 0 aliphatic rings. The summed E-state index contributed by atoms with van der Waals surface area (Å²) < 4.78 is 1.90. The van der Waals surface area contributed by atoms with Crippen molar-refractivity contribution in [2.75, 3.05) is 11.9 Å². The van der Waals surface area contributed by atoms with Crippen LogP contribution in [0.3, 0.4) is 0 Å². The highest BCUT2D eigenvalue weighted by molar-refractivity contribution is 5.90. The van der Waals surface area contributed by atoms with Gasteiger partial charge in [-0.1, -0.05) is 12.1 Å². The minimum Gasteiger partial charge on any atom is -0.368 e. The summed E-state index contributed by atoms with van der Waals surface area (Å²) in [7, 11) is 1.96. The van der Waals surface area contributed by atoms with Crippen molar-refractivity contribution in [3.05, 3.63) is 24.3 Å². The van der Waals surface area contributed by atoms with E-state index in [9.17, 15) is 0 Å². The van der Waals surface area contributed by atoms with E-state index in [0.29, 0.717) is 0 Å². The fourth-order valence-electron chi connectivity index (χ4n) is 1.51. The van der Waals surface area contributed by atoms with Gasteiger partial charge >= 0.3 is 0 Å². The van der Waals surface area contributed by atoms with Gasteiger partial charge < -0.3 is 5.32 Å². The maximum Gasteiger partial charge on any atom is 0.155 e. The van der Waals surface area contributed by atoms with Crippen molar-refractivity contribution < 1.29 is 0 Å². The number of fused-ring (bicyclic) bond motifs is 1. The van der Waals surface area contributed by atoms with E-state index < -0.39 is 0 Å². The number of hydrogen-bond donors (Lipinski definition) is 1. The molecule has 13 heavy (non-hydrogen) atoms. The minimum absolute atomic E-state index is 0.904. The average molecular weight is 175 g/mol. The van der Waals surface area contributed by atoms with Crippen molar-refractivity contribution in [3.63, 3.8) is 0 Å². The molecule has 0 bridgehead atoms. The largest absolute Gasteiger partial charge is 0.368 e. The highest BCUT2D eigenvalue weighted by atomic mass is 15.3. The van der Waals surface area contributed by atoms with Gasteiger partial charge in [-0.05, 0) is 19.1 Å². The Labute approximate surface area is 77.4 Å². The van der Waals surface area contributed by atoms with Crippen molar-refractivity contribution >= 4 is 16.7 Å². The Balaban J connectivity index is 2.63. The van der Waals surface area contributed by atoms with E-state index in [0.717, 1.165) is 12.4 Å². The molecule has 0 amide bonds. The first-order valence-electron chi connectivity index (χ1n) is 4.48. The van der Waals surface area contributed by atoms with Crippen LogP contribution in [0.1, 0.15) is 6.92 Å². The van der Waals surface area contributed by atoms with Crippen LogP contribution < -0.4 is 5.32 Å². The summed E-state index contributed by atoms with van der Waals surface area (Å²) in [5.74, 6) is 0.973. The molecule has 0 fully saturated rings. The van der Waals surface area contributed by atoms with Gasteiger partial charge in [0.05, 0.1) is 5.52 Å². The van der Waals surface area contributed by atoms with Gasteiger partial charge in [0.2, 0.25) is 0 Å². The number of nitrogens with zero attached hydrogens (tertiary/aromatic N) is 2. The summed E-state index contributed by atoms with van der Waals surface area (Å²) in [6.45, 7) is 2.98. The topological polar surface area (TPSA) is 29.9 Å². The van der Waals surface area contributed by atoms with Crippen LogP contribution in [0.25, 0.3) is 10.9 Å². The smallest absolute Gasteiger partial charge is 0.155 e. The standard InChI is InChI=1S/C10H13N3/c1-3-11-10-8-6-4-5-7-9(8)13(2)12-10/h4-7H,3H2,1-2H3,(H,11,12). The molecule has 2 rings (SSSR count). The SMILES string of the molecule is CCNc1nn(C)c2ccccc12. The molecule has 1 N–H and O–H groups in total. The number of para-hydroxylation sites is 1. The lowest BCUT2D eigenvalue weighted by molar-refractivity contribution is 0.798. The second kappa shape index (κ2) is 3.09. The Morgan fingerprint density at radius 1 is 1.38 bits per heavy atom. The molecule has 0 saturated heterocycles. The maximum absolute atomic E-state index is 4.39. The number of rotatable bonds is 2. The monoisotopic (exact) mass is 175 g/mol. The van der Waals surface area contributed by atoms with Crippen molar-refractivity contribution in [1.29, 1.82) is 0 Å². The maximum atomic E-state index is 4.39. The van der Waals surface area contributed by atoms with Crippen LogP contribution in [0.2, 0.25) is 0 Å². The molecule has 0 aliphatic carbocycles. The van der Waals surface area contributed by atoms with Crippen molar-refractivity contribution in [1.82, 2.24) is 9.78 Å². The lowest BCUT2D eigenvalue weighted by Gasteiger charge is -1.96. The number of aryl methyl sites for hydroxylation is 1. The number of anilines is 1. The first-order chi connectivity index (χ1) is 6.33. The first-order valence-corrected chi connectivity index (χ1v) is 4.48. The number of aromatic nitrogens is 2. The summed E-state index contributed by atoms with van der Waals surface area (Å²) in [5.41, 5.74) is 1.17. The molecule has 68 valence electrons. The van der Waals surface area contributed by atoms with Crippen LogP contribution in [-0.4, -0.2) is 16.3 Å². The molecule has 0 radical (unpaired) electrons. The molecule has 3 nitrogen and oxygen atoms in total. The fraction of sp³-hybridized carbons (Fsp3) is 0.300. The van der Waals surface area contributed by atoms with E-state index in [-0.39, 0.29) is 0 Å². The lowest BCUT2D eigenvalue weighted by atomic mass is 10.2.